The van der Waals surface area contributed by atoms with E-state index in [-0.39, 0.29) is 11.9 Å². The van der Waals surface area contributed by atoms with Crippen LogP contribution in [0.1, 0.15) is 23.3 Å². The van der Waals surface area contributed by atoms with E-state index in [1.165, 1.54) is 12.1 Å². The van der Waals surface area contributed by atoms with E-state index in [0.29, 0.717) is 47.6 Å². The average Bonchev–Trinajstić information content (AvgIpc) is 2.75. The maximum Gasteiger partial charge on any atom is 0.123 e. The van der Waals surface area contributed by atoms with Crippen LogP contribution in [0.4, 0.5) is 4.39 Å². The normalized spacial score (nSPS) is 16.9. The van der Waals surface area contributed by atoms with Gasteiger partial charge < -0.3 is 9.84 Å². The van der Waals surface area contributed by atoms with Gasteiger partial charge in [0.05, 0.1) is 24.9 Å². The smallest absolute Gasteiger partial charge is 0.123 e. The minimum Gasteiger partial charge on any atom is -0.386 e. The Morgan fingerprint density at radius 2 is 1.67 bits per heavy atom. The summed E-state index contributed by atoms with van der Waals surface area (Å²) in [7, 11) is 0. The molecule has 0 saturated carbocycles. The number of rotatable bonds is 5. The first-order valence-corrected chi connectivity index (χ1v) is 10.5. The van der Waals surface area contributed by atoms with Crippen molar-refractivity contribution in [1.82, 2.24) is 9.88 Å². The highest BCUT2D eigenvalue weighted by atomic mass is 35.5. The topological polar surface area (TPSA) is 45.6 Å². The molecule has 1 aliphatic heterocycles. The zero-order chi connectivity index (χ0) is 21.1. The standard InChI is InChI=1S/C23H21Cl2FN2O2/c24-17-12-16(13-18(25)14-17)21-20(2-1-7-27-21)23(29)22(28-8-10-30-11-9-28)15-3-5-19(26)6-4-15/h1-7,12-14,22-23,29H,8-11H2/t22-,23+/m0/s1. The van der Waals surface area contributed by atoms with Crippen LogP contribution in [-0.4, -0.2) is 41.3 Å². The molecule has 2 atom stereocenters. The van der Waals surface area contributed by atoms with Crippen LogP contribution in [-0.2, 0) is 4.74 Å². The fourth-order valence-electron chi connectivity index (χ4n) is 3.87. The number of hydrogen-bond acceptors (Lipinski definition) is 4. The summed E-state index contributed by atoms with van der Waals surface area (Å²) in [5.74, 6) is -0.315. The molecule has 1 saturated heterocycles. The lowest BCUT2D eigenvalue weighted by atomic mass is 9.91. The molecule has 7 heteroatoms. The van der Waals surface area contributed by atoms with E-state index < -0.39 is 6.10 Å². The van der Waals surface area contributed by atoms with Gasteiger partial charge in [0.25, 0.3) is 0 Å². The quantitative estimate of drug-likeness (QED) is 0.577. The highest BCUT2D eigenvalue weighted by Gasteiger charge is 2.32. The maximum absolute atomic E-state index is 13.5. The van der Waals surface area contributed by atoms with Gasteiger partial charge in [-0.1, -0.05) is 41.4 Å². The molecule has 0 radical (unpaired) electrons. The number of aromatic nitrogens is 1. The van der Waals surface area contributed by atoms with E-state index in [1.54, 1.807) is 42.6 Å². The number of morpholine rings is 1. The van der Waals surface area contributed by atoms with Crippen molar-refractivity contribution in [2.24, 2.45) is 0 Å². The Labute approximate surface area is 184 Å². The fourth-order valence-corrected chi connectivity index (χ4v) is 4.39. The molecule has 3 aromatic rings. The van der Waals surface area contributed by atoms with E-state index in [2.05, 4.69) is 9.88 Å². The Morgan fingerprint density at radius 3 is 2.33 bits per heavy atom. The van der Waals surface area contributed by atoms with Crippen molar-refractivity contribution in [3.8, 4) is 11.3 Å². The van der Waals surface area contributed by atoms with Gasteiger partial charge in [0.1, 0.15) is 11.9 Å². The van der Waals surface area contributed by atoms with Gasteiger partial charge in [-0.25, -0.2) is 4.39 Å². The van der Waals surface area contributed by atoms with E-state index >= 15 is 0 Å². The molecular formula is C23H21Cl2FN2O2. The zero-order valence-corrected chi connectivity index (χ0v) is 17.7. The average molecular weight is 447 g/mol. The molecule has 0 bridgehead atoms. The Morgan fingerprint density at radius 1 is 1.00 bits per heavy atom. The van der Waals surface area contributed by atoms with Crippen LogP contribution in [0.2, 0.25) is 10.0 Å². The van der Waals surface area contributed by atoms with Crippen molar-refractivity contribution >= 4 is 23.2 Å². The summed E-state index contributed by atoms with van der Waals surface area (Å²) in [6.45, 7) is 2.48. The molecule has 1 fully saturated rings. The largest absolute Gasteiger partial charge is 0.386 e. The molecule has 2 aromatic carbocycles. The van der Waals surface area contributed by atoms with Gasteiger partial charge in [-0.15, -0.1) is 0 Å². The Hall–Kier alpha value is -2.02. The predicted octanol–water partition coefficient (Wildman–Crippen LogP) is 5.30. The molecular weight excluding hydrogens is 426 g/mol. The van der Waals surface area contributed by atoms with Crippen LogP contribution in [0.25, 0.3) is 11.3 Å². The summed E-state index contributed by atoms with van der Waals surface area (Å²) in [5.41, 5.74) is 2.80. The summed E-state index contributed by atoms with van der Waals surface area (Å²) in [5, 5.41) is 12.5. The monoisotopic (exact) mass is 446 g/mol. The van der Waals surface area contributed by atoms with Crippen molar-refractivity contribution in [2.45, 2.75) is 12.1 Å². The Balaban J connectivity index is 1.78. The molecule has 1 N–H and O–H groups in total. The van der Waals surface area contributed by atoms with Gasteiger partial charge in [0.2, 0.25) is 0 Å². The van der Waals surface area contributed by atoms with Gasteiger partial charge in [0, 0.05) is 40.5 Å². The number of pyridine rings is 1. The number of aliphatic hydroxyl groups excluding tert-OH is 1. The minimum atomic E-state index is -0.907. The van der Waals surface area contributed by atoms with Crippen LogP contribution < -0.4 is 0 Å². The molecule has 30 heavy (non-hydrogen) atoms. The highest BCUT2D eigenvalue weighted by molar-refractivity contribution is 6.35. The van der Waals surface area contributed by atoms with Gasteiger partial charge in [-0.3, -0.25) is 9.88 Å². The lowest BCUT2D eigenvalue weighted by Crippen LogP contribution is -2.41. The number of hydrogen-bond donors (Lipinski definition) is 1. The maximum atomic E-state index is 13.5. The zero-order valence-electron chi connectivity index (χ0n) is 16.1. The lowest BCUT2D eigenvalue weighted by Gasteiger charge is -2.38. The molecule has 0 aliphatic carbocycles. The fraction of sp³-hybridized carbons (Fsp3) is 0.261. The van der Waals surface area contributed by atoms with Crippen molar-refractivity contribution in [1.29, 1.82) is 0 Å². The Kier molecular flexibility index (Phi) is 6.66. The molecule has 2 heterocycles. The summed E-state index contributed by atoms with van der Waals surface area (Å²) >= 11 is 12.4. The third kappa shape index (κ3) is 4.66. The van der Waals surface area contributed by atoms with Crippen molar-refractivity contribution in [2.75, 3.05) is 26.3 Å². The number of halogens is 3. The summed E-state index contributed by atoms with van der Waals surface area (Å²) in [6.07, 6.45) is 0.761. The second-order valence-electron chi connectivity index (χ2n) is 7.19. The SMILES string of the molecule is O[C@H](c1cccnc1-c1cc(Cl)cc(Cl)c1)[C@H](c1ccc(F)cc1)N1CCOCC1. The number of ether oxygens (including phenoxy) is 1. The molecule has 0 unspecified atom stereocenters. The van der Waals surface area contributed by atoms with Crippen LogP contribution in [0.15, 0.2) is 60.8 Å². The number of nitrogens with zero attached hydrogens (tertiary/aromatic N) is 2. The van der Waals surface area contributed by atoms with Crippen LogP contribution >= 0.6 is 23.2 Å². The molecule has 4 nitrogen and oxygen atoms in total. The van der Waals surface area contributed by atoms with Gasteiger partial charge in [-0.2, -0.15) is 0 Å². The number of benzene rings is 2. The van der Waals surface area contributed by atoms with E-state index in [4.69, 9.17) is 27.9 Å². The predicted molar refractivity (Wildman–Crippen MR) is 116 cm³/mol. The third-order valence-corrected chi connectivity index (χ3v) is 5.68. The molecule has 0 amide bonds. The lowest BCUT2D eigenvalue weighted by molar-refractivity contribution is -0.0238. The highest BCUT2D eigenvalue weighted by Crippen LogP contribution is 2.39. The first-order chi connectivity index (χ1) is 14.5. The van der Waals surface area contributed by atoms with E-state index in [0.717, 1.165) is 11.1 Å². The van der Waals surface area contributed by atoms with Gasteiger partial charge in [0.15, 0.2) is 0 Å². The van der Waals surface area contributed by atoms with Crippen LogP contribution in [0, 0.1) is 5.82 Å². The first-order valence-electron chi connectivity index (χ1n) is 9.69. The molecule has 4 rings (SSSR count). The molecule has 156 valence electrons. The second kappa shape index (κ2) is 9.41. The summed E-state index contributed by atoms with van der Waals surface area (Å²) in [4.78, 5) is 6.66. The first kappa shape index (κ1) is 21.2. The van der Waals surface area contributed by atoms with Crippen LogP contribution in [0.5, 0.6) is 0 Å². The minimum absolute atomic E-state index is 0.315. The van der Waals surface area contributed by atoms with E-state index in [1.807, 2.05) is 6.07 Å². The summed E-state index contributed by atoms with van der Waals surface area (Å²) < 4.78 is 19.0. The van der Waals surface area contributed by atoms with Crippen molar-refractivity contribution in [3.63, 3.8) is 0 Å². The van der Waals surface area contributed by atoms with Crippen molar-refractivity contribution in [3.05, 3.63) is 87.8 Å². The van der Waals surface area contributed by atoms with E-state index in [9.17, 15) is 9.50 Å². The number of aliphatic hydroxyl groups is 1. The molecule has 1 aliphatic rings. The van der Waals surface area contributed by atoms with Gasteiger partial charge >= 0.3 is 0 Å². The van der Waals surface area contributed by atoms with Crippen molar-refractivity contribution < 1.29 is 14.2 Å². The van der Waals surface area contributed by atoms with Gasteiger partial charge in [-0.05, 0) is 42.0 Å². The third-order valence-electron chi connectivity index (χ3n) is 5.24. The Bertz CT molecular complexity index is 990. The second-order valence-corrected chi connectivity index (χ2v) is 8.06. The van der Waals surface area contributed by atoms with Crippen LogP contribution in [0.3, 0.4) is 0 Å². The molecule has 0 spiro atoms. The summed E-state index contributed by atoms with van der Waals surface area (Å²) in [6, 6.07) is 14.7. The molecule has 1 aromatic heterocycles.